The van der Waals surface area contributed by atoms with Gasteiger partial charge in [-0.2, -0.15) is 0 Å². The Morgan fingerprint density at radius 2 is 0.545 bits per heavy atom. The Labute approximate surface area is 550 Å². The zero-order valence-corrected chi connectivity index (χ0v) is 65.3. The molecular weight excluding hydrogens is 1080 g/mol. The molecule has 8 aromatic rings. The Morgan fingerprint density at radius 1 is 0.182 bits per heavy atom. The highest BCUT2D eigenvalue weighted by molar-refractivity contribution is 5.06. The lowest BCUT2D eigenvalue weighted by molar-refractivity contribution is 0.974. The van der Waals surface area contributed by atoms with E-state index in [1.807, 2.05) is 332 Å². The van der Waals surface area contributed by atoms with Gasteiger partial charge in [-0.05, 0) is 115 Å². The van der Waals surface area contributed by atoms with Crippen LogP contribution in [0.2, 0.25) is 0 Å². The normalized spacial score (nSPS) is 6.64. The molecule has 0 radical (unpaired) electrons. The van der Waals surface area contributed by atoms with E-state index in [4.69, 9.17) is 0 Å². The molecule has 0 saturated carbocycles. The van der Waals surface area contributed by atoms with Gasteiger partial charge in [-0.15, -0.1) is 0 Å². The van der Waals surface area contributed by atoms with Crippen LogP contribution < -0.4 is 0 Å². The fraction of sp³-hybridized carbons (Fsp3) is 0.541. The van der Waals surface area contributed by atoms with Gasteiger partial charge in [-0.3, -0.25) is 24.9 Å². The van der Waals surface area contributed by atoms with Gasteiger partial charge in [-0.1, -0.05) is 234 Å². The van der Waals surface area contributed by atoms with Crippen LogP contribution in [0.5, 0.6) is 0 Å². The van der Waals surface area contributed by atoms with Crippen molar-refractivity contribution in [3.05, 3.63) is 206 Å². The van der Waals surface area contributed by atoms with Crippen LogP contribution in [0.1, 0.15) is 267 Å². The topological polar surface area (TPSA) is 180 Å². The van der Waals surface area contributed by atoms with Crippen molar-refractivity contribution in [2.45, 2.75) is 277 Å². The van der Waals surface area contributed by atoms with E-state index < -0.39 is 0 Å². The highest BCUT2D eigenvalue weighted by Gasteiger charge is 1.79. The van der Waals surface area contributed by atoms with Crippen molar-refractivity contribution >= 4 is 0 Å². The van der Waals surface area contributed by atoms with Gasteiger partial charge in [0.15, 0.2) is 0 Å². The van der Waals surface area contributed by atoms with Crippen LogP contribution in [0, 0.1) is 55.4 Å². The van der Waals surface area contributed by atoms with Gasteiger partial charge in [0, 0.05) is 91.9 Å². The molecule has 512 valence electrons. The van der Waals surface area contributed by atoms with Crippen LogP contribution in [0.3, 0.4) is 0 Å². The van der Waals surface area contributed by atoms with Crippen molar-refractivity contribution < 1.29 is 0 Å². The standard InChI is InChI=1S/3C6H7N.4C5H6N2.C4H5N3.16C2H6/c1-6-2-4-7-5-3-6;1-6-3-2-4-7-5-6;1-6-4-2-3-5-7-6;1-5-2-6-4-7-3-5;1-5-4-6-2-3-7-5;1-5-2-3-6-4-7-5;1-5-6-3-2-4-7-5;1-4-6-2-5-3-7-4;16*1-2/h3*2-5H,1H3;4*2-4H,1H3;2-3H,1H3;16*1-2H3. The van der Waals surface area contributed by atoms with Crippen LogP contribution in [-0.2, 0) is 0 Å². The molecule has 14 nitrogen and oxygen atoms in total. The second kappa shape index (κ2) is 154. The highest BCUT2D eigenvalue weighted by atomic mass is 15.0. The van der Waals surface area contributed by atoms with Crippen molar-refractivity contribution in [1.82, 2.24) is 69.8 Å². The summed E-state index contributed by atoms with van der Waals surface area (Å²) >= 11 is 0. The Morgan fingerprint density at radius 3 is 0.727 bits per heavy atom. The van der Waals surface area contributed by atoms with Crippen LogP contribution in [0.25, 0.3) is 0 Å². The molecule has 0 bridgehead atoms. The summed E-state index contributed by atoms with van der Waals surface area (Å²) in [6, 6.07) is 17.4. The lowest BCUT2D eigenvalue weighted by Gasteiger charge is -1.82. The first-order valence-electron chi connectivity index (χ1n) is 33.3. The third-order valence-electron chi connectivity index (χ3n) is 5.90. The Balaban J connectivity index is -0.0000000451. The summed E-state index contributed by atoms with van der Waals surface area (Å²) < 4.78 is 0. The molecule has 8 aromatic heterocycles. The average Bonchev–Trinajstić information content (AvgIpc) is 3.64. The molecule has 0 atom stereocenters. The second-order valence-electron chi connectivity index (χ2n) is 11.1. The molecule has 0 aliphatic heterocycles. The molecule has 0 saturated heterocycles. The molecule has 8 heterocycles. The summed E-state index contributed by atoms with van der Waals surface area (Å²) in [6.45, 7) is 79.5. The van der Waals surface area contributed by atoms with Gasteiger partial charge < -0.3 is 0 Å². The molecule has 0 fully saturated rings. The maximum atomic E-state index is 3.98. The Bertz CT molecular complexity index is 1550. The maximum Gasteiger partial charge on any atom is 0.128 e. The fourth-order valence-electron chi connectivity index (χ4n) is 3.10. The van der Waals surface area contributed by atoms with E-state index in [9.17, 15) is 0 Å². The Kier molecular flexibility index (Phi) is 214. The van der Waals surface area contributed by atoms with Gasteiger partial charge in [0.25, 0.3) is 0 Å². The smallest absolute Gasteiger partial charge is 0.128 e. The summed E-state index contributed by atoms with van der Waals surface area (Å²) in [4.78, 5) is 53.5. The maximum absolute atomic E-state index is 3.98. The summed E-state index contributed by atoms with van der Waals surface area (Å²) in [5.74, 6) is 1.58. The molecule has 88 heavy (non-hydrogen) atoms. The first-order chi connectivity index (χ1) is 43.2. The SMILES string of the molecule is CC.CC.CC.CC.CC.CC.CC.CC.CC.CC.CC.CC.CC.CC.CC.CC.Cc1ccccn1.Cc1cccnc1.Cc1ccncc1.Cc1ccncn1.Cc1cnccn1.Cc1cncnc1.Cc1ncccn1.Cc1ncncn1. The van der Waals surface area contributed by atoms with Crippen LogP contribution in [-0.4, -0.2) is 69.8 Å². The van der Waals surface area contributed by atoms with Crippen molar-refractivity contribution in [2.24, 2.45) is 0 Å². The lowest BCUT2D eigenvalue weighted by Crippen LogP contribution is -1.84. The number of rotatable bonds is 0. The van der Waals surface area contributed by atoms with Gasteiger partial charge in [0.05, 0.1) is 5.69 Å². The van der Waals surface area contributed by atoms with E-state index in [0.29, 0.717) is 0 Å². The molecule has 0 aliphatic carbocycles. The monoisotopic (exact) mass is 1230 g/mol. The van der Waals surface area contributed by atoms with E-state index in [1.54, 1.807) is 80.4 Å². The van der Waals surface area contributed by atoms with E-state index in [0.717, 1.165) is 34.3 Å². The van der Waals surface area contributed by atoms with Crippen LogP contribution in [0.15, 0.2) is 160 Å². The number of nitrogens with zero attached hydrogens (tertiary/aromatic N) is 14. The average molecular weight is 1230 g/mol. The van der Waals surface area contributed by atoms with Crippen LogP contribution >= 0.6 is 0 Å². The number of pyridine rings is 3. The third kappa shape index (κ3) is 148. The molecule has 0 amide bonds. The van der Waals surface area contributed by atoms with E-state index in [2.05, 4.69) is 69.8 Å². The Hall–Kier alpha value is -7.22. The number of hydrogen-bond donors (Lipinski definition) is 0. The third-order valence-corrected chi connectivity index (χ3v) is 5.90. The molecule has 0 aromatic carbocycles. The fourth-order valence-corrected chi connectivity index (χ4v) is 3.10. The minimum Gasteiger partial charge on any atom is -0.265 e. The number of aromatic nitrogens is 14. The summed E-state index contributed by atoms with van der Waals surface area (Å²) in [5.41, 5.74) is 6.61. The van der Waals surface area contributed by atoms with Crippen LogP contribution in [0.4, 0.5) is 0 Å². The summed E-state index contributed by atoms with van der Waals surface area (Å²) in [6.07, 6.45) is 28.7. The largest absolute Gasteiger partial charge is 0.265 e. The van der Waals surface area contributed by atoms with Crippen molar-refractivity contribution in [2.75, 3.05) is 0 Å². The second-order valence-corrected chi connectivity index (χ2v) is 11.1. The van der Waals surface area contributed by atoms with E-state index in [1.165, 1.54) is 36.4 Å². The van der Waals surface area contributed by atoms with Crippen molar-refractivity contribution in [3.8, 4) is 0 Å². The van der Waals surface area contributed by atoms with Crippen molar-refractivity contribution in [3.63, 3.8) is 0 Å². The minimum absolute atomic E-state index is 0.759. The van der Waals surface area contributed by atoms with Gasteiger partial charge in [0.2, 0.25) is 0 Å². The van der Waals surface area contributed by atoms with Crippen molar-refractivity contribution in [1.29, 1.82) is 0 Å². The summed E-state index contributed by atoms with van der Waals surface area (Å²) in [7, 11) is 0. The number of hydrogen-bond acceptors (Lipinski definition) is 14. The van der Waals surface area contributed by atoms with Gasteiger partial charge >= 0.3 is 0 Å². The van der Waals surface area contributed by atoms with Gasteiger partial charge in [-0.25, -0.2) is 44.9 Å². The summed E-state index contributed by atoms with van der Waals surface area (Å²) in [5, 5.41) is 0. The van der Waals surface area contributed by atoms with E-state index >= 15 is 0 Å². The van der Waals surface area contributed by atoms with E-state index in [-0.39, 0.29) is 0 Å². The molecule has 14 heteroatoms. The zero-order valence-electron chi connectivity index (χ0n) is 65.3. The number of aryl methyl sites for hydroxylation is 8. The first-order valence-corrected chi connectivity index (χ1v) is 33.3. The minimum atomic E-state index is 0.759. The molecule has 0 aliphatic rings. The zero-order chi connectivity index (χ0) is 72.9. The molecule has 8 rings (SSSR count). The predicted octanol–water partition coefficient (Wildman–Crippen LogP) is 23.9. The predicted molar refractivity (Wildman–Crippen MR) is 400 cm³/mol. The molecular formula is C74H146N14. The lowest BCUT2D eigenvalue weighted by atomic mass is 10.3. The van der Waals surface area contributed by atoms with Gasteiger partial charge in [0.1, 0.15) is 37.0 Å². The quantitative estimate of drug-likeness (QED) is 0.140. The molecule has 0 N–H and O–H groups in total. The first kappa shape index (κ1) is 123. The molecule has 0 unspecified atom stereocenters. The molecule has 0 spiro atoms. The highest BCUT2D eigenvalue weighted by Crippen LogP contribution is 1.90.